The molecule has 25 heavy (non-hydrogen) atoms. The first-order valence-electron chi connectivity index (χ1n) is 9.38. The molecule has 4 nitrogen and oxygen atoms in total. The first-order valence-corrected chi connectivity index (χ1v) is 9.38. The highest BCUT2D eigenvalue weighted by atomic mass is 16.5. The molecule has 2 aromatic rings. The van der Waals surface area contributed by atoms with Gasteiger partial charge in [0.2, 0.25) is 0 Å². The van der Waals surface area contributed by atoms with Crippen LogP contribution in [0.25, 0.3) is 0 Å². The highest BCUT2D eigenvalue weighted by Gasteiger charge is 2.31. The van der Waals surface area contributed by atoms with Crippen molar-refractivity contribution in [2.24, 2.45) is 0 Å². The Labute approximate surface area is 150 Å². The number of hydrogen-bond acceptors (Lipinski definition) is 4. The number of nitrogens with zero attached hydrogens (tertiary/aromatic N) is 3. The molecule has 132 valence electrons. The van der Waals surface area contributed by atoms with E-state index in [-0.39, 0.29) is 0 Å². The summed E-state index contributed by atoms with van der Waals surface area (Å²) in [6.07, 6.45) is 3.34. The van der Waals surface area contributed by atoms with Gasteiger partial charge in [-0.1, -0.05) is 36.4 Å². The Hall–Kier alpha value is -1.75. The van der Waals surface area contributed by atoms with Gasteiger partial charge in [-0.3, -0.25) is 14.8 Å². The van der Waals surface area contributed by atoms with Crippen molar-refractivity contribution in [1.82, 2.24) is 14.8 Å². The van der Waals surface area contributed by atoms with E-state index >= 15 is 0 Å². The number of hydrogen-bond donors (Lipinski definition) is 0. The van der Waals surface area contributed by atoms with Crippen molar-refractivity contribution in [3.8, 4) is 0 Å². The molecule has 0 amide bonds. The normalized spacial score (nSPS) is 23.1. The van der Waals surface area contributed by atoms with E-state index in [9.17, 15) is 0 Å². The summed E-state index contributed by atoms with van der Waals surface area (Å²) in [6.45, 7) is 7.31. The number of aromatic nitrogens is 1. The summed E-state index contributed by atoms with van der Waals surface area (Å²) < 4.78 is 6.12. The van der Waals surface area contributed by atoms with Crippen LogP contribution in [0.15, 0.2) is 54.7 Å². The standard InChI is InChI=1S/C21H27N3O/c1-2-7-18(8-3-1)13-23-11-6-12-25-20(16-23)17-24-14-19(15-24)21-9-4-5-10-22-21/h1-5,7-10,19-20H,6,11-17H2. The lowest BCUT2D eigenvalue weighted by atomic mass is 9.95. The Morgan fingerprint density at radius 3 is 2.60 bits per heavy atom. The number of ether oxygens (including phenoxy) is 1. The molecule has 4 heteroatoms. The van der Waals surface area contributed by atoms with Crippen LogP contribution in [0.5, 0.6) is 0 Å². The smallest absolute Gasteiger partial charge is 0.0828 e. The van der Waals surface area contributed by atoms with Crippen molar-refractivity contribution in [2.75, 3.05) is 39.3 Å². The van der Waals surface area contributed by atoms with E-state index in [1.807, 2.05) is 12.3 Å². The monoisotopic (exact) mass is 337 g/mol. The van der Waals surface area contributed by atoms with E-state index < -0.39 is 0 Å². The molecule has 0 spiro atoms. The van der Waals surface area contributed by atoms with Crippen molar-refractivity contribution in [2.45, 2.75) is 25.0 Å². The predicted octanol–water partition coefficient (Wildman–Crippen LogP) is 2.77. The predicted molar refractivity (Wildman–Crippen MR) is 99.5 cm³/mol. The summed E-state index contributed by atoms with van der Waals surface area (Å²) in [7, 11) is 0. The van der Waals surface area contributed by atoms with Crippen molar-refractivity contribution in [3.63, 3.8) is 0 Å². The summed E-state index contributed by atoms with van der Waals surface area (Å²) in [6, 6.07) is 17.0. The molecule has 0 N–H and O–H groups in total. The molecular weight excluding hydrogens is 310 g/mol. The summed E-state index contributed by atoms with van der Waals surface area (Å²) in [5, 5.41) is 0. The van der Waals surface area contributed by atoms with E-state index in [0.717, 1.165) is 52.3 Å². The molecule has 1 aromatic carbocycles. The lowest BCUT2D eigenvalue weighted by molar-refractivity contribution is 0.00473. The molecule has 0 aliphatic carbocycles. The first kappa shape index (κ1) is 16.7. The van der Waals surface area contributed by atoms with Crippen molar-refractivity contribution in [1.29, 1.82) is 0 Å². The first-order chi connectivity index (χ1) is 12.4. The van der Waals surface area contributed by atoms with Gasteiger partial charge in [0, 0.05) is 63.7 Å². The highest BCUT2D eigenvalue weighted by Crippen LogP contribution is 2.26. The largest absolute Gasteiger partial charge is 0.376 e. The van der Waals surface area contributed by atoms with Crippen LogP contribution in [0.2, 0.25) is 0 Å². The lowest BCUT2D eigenvalue weighted by Gasteiger charge is -2.41. The van der Waals surface area contributed by atoms with Crippen LogP contribution >= 0.6 is 0 Å². The number of rotatable bonds is 5. The Morgan fingerprint density at radius 1 is 0.960 bits per heavy atom. The minimum absolute atomic E-state index is 0.316. The van der Waals surface area contributed by atoms with Crippen LogP contribution in [0.4, 0.5) is 0 Å². The Bertz CT molecular complexity index is 643. The van der Waals surface area contributed by atoms with Gasteiger partial charge in [0.15, 0.2) is 0 Å². The topological polar surface area (TPSA) is 28.6 Å². The molecule has 4 rings (SSSR count). The Balaban J connectivity index is 1.27. The average molecular weight is 337 g/mol. The maximum Gasteiger partial charge on any atom is 0.0828 e. The minimum Gasteiger partial charge on any atom is -0.376 e. The van der Waals surface area contributed by atoms with Crippen molar-refractivity contribution >= 4 is 0 Å². The maximum atomic E-state index is 6.12. The summed E-state index contributed by atoms with van der Waals surface area (Å²) >= 11 is 0. The maximum absolute atomic E-state index is 6.12. The van der Waals surface area contributed by atoms with Crippen LogP contribution in [-0.2, 0) is 11.3 Å². The second-order valence-corrected chi connectivity index (χ2v) is 7.24. The molecule has 0 bridgehead atoms. The summed E-state index contributed by atoms with van der Waals surface area (Å²) in [5.41, 5.74) is 2.62. The summed E-state index contributed by atoms with van der Waals surface area (Å²) in [5.74, 6) is 0.590. The van der Waals surface area contributed by atoms with Gasteiger partial charge in [0.05, 0.1) is 6.10 Å². The van der Waals surface area contributed by atoms with Crippen molar-refractivity contribution in [3.05, 3.63) is 66.0 Å². The van der Waals surface area contributed by atoms with Gasteiger partial charge >= 0.3 is 0 Å². The van der Waals surface area contributed by atoms with Crippen molar-refractivity contribution < 1.29 is 4.74 Å². The highest BCUT2D eigenvalue weighted by molar-refractivity contribution is 5.15. The molecule has 2 saturated heterocycles. The molecule has 1 unspecified atom stereocenters. The Kier molecular flexibility index (Phi) is 5.40. The number of benzene rings is 1. The average Bonchev–Trinajstić information content (AvgIpc) is 2.84. The minimum atomic E-state index is 0.316. The Morgan fingerprint density at radius 2 is 1.80 bits per heavy atom. The van der Waals surface area contributed by atoms with E-state index in [2.05, 4.69) is 57.2 Å². The second kappa shape index (κ2) is 8.09. The fourth-order valence-corrected chi connectivity index (χ4v) is 3.88. The molecule has 3 heterocycles. The van der Waals surface area contributed by atoms with E-state index in [4.69, 9.17) is 4.74 Å². The molecular formula is C21H27N3O. The van der Waals surface area contributed by atoms with Gasteiger partial charge in [-0.2, -0.15) is 0 Å². The van der Waals surface area contributed by atoms with Gasteiger partial charge in [0.1, 0.15) is 0 Å². The van der Waals surface area contributed by atoms with Crippen LogP contribution < -0.4 is 0 Å². The molecule has 2 aliphatic heterocycles. The van der Waals surface area contributed by atoms with Gasteiger partial charge in [-0.05, 0) is 24.1 Å². The number of likely N-dealkylation sites (tertiary alicyclic amines) is 1. The summed E-state index contributed by atoms with van der Waals surface area (Å²) in [4.78, 5) is 9.54. The molecule has 2 fully saturated rings. The third kappa shape index (κ3) is 4.46. The fourth-order valence-electron chi connectivity index (χ4n) is 3.88. The lowest BCUT2D eigenvalue weighted by Crippen LogP contribution is -2.50. The fraction of sp³-hybridized carbons (Fsp3) is 0.476. The molecule has 1 aromatic heterocycles. The SMILES string of the molecule is c1ccc(CN2CCCOC(CN3CC(c4ccccn4)C3)C2)cc1. The van der Waals surface area contributed by atoms with Crippen LogP contribution in [0.1, 0.15) is 23.6 Å². The third-order valence-corrected chi connectivity index (χ3v) is 5.21. The molecule has 0 saturated carbocycles. The van der Waals surface area contributed by atoms with E-state index in [0.29, 0.717) is 12.0 Å². The zero-order chi connectivity index (χ0) is 16.9. The van der Waals surface area contributed by atoms with Gasteiger partial charge in [-0.25, -0.2) is 0 Å². The molecule has 2 aliphatic rings. The van der Waals surface area contributed by atoms with Crippen LogP contribution in [0.3, 0.4) is 0 Å². The second-order valence-electron chi connectivity index (χ2n) is 7.24. The van der Waals surface area contributed by atoms with Gasteiger partial charge in [-0.15, -0.1) is 0 Å². The van der Waals surface area contributed by atoms with E-state index in [1.54, 1.807) is 0 Å². The zero-order valence-corrected chi connectivity index (χ0v) is 14.8. The zero-order valence-electron chi connectivity index (χ0n) is 14.8. The molecule has 0 radical (unpaired) electrons. The number of pyridine rings is 1. The van der Waals surface area contributed by atoms with Crippen LogP contribution in [0, 0.1) is 0 Å². The quantitative estimate of drug-likeness (QED) is 0.839. The van der Waals surface area contributed by atoms with Gasteiger partial charge in [0.25, 0.3) is 0 Å². The third-order valence-electron chi connectivity index (χ3n) is 5.21. The van der Waals surface area contributed by atoms with Crippen LogP contribution in [-0.4, -0.2) is 60.2 Å². The molecule has 1 atom stereocenters. The van der Waals surface area contributed by atoms with E-state index in [1.165, 1.54) is 11.3 Å². The van der Waals surface area contributed by atoms with Gasteiger partial charge < -0.3 is 4.74 Å².